The lowest BCUT2D eigenvalue weighted by molar-refractivity contribution is 0.835. The third-order valence-corrected chi connectivity index (χ3v) is 4.42. The molecule has 15 heavy (non-hydrogen) atoms. The first-order chi connectivity index (χ1) is 7.38. The van der Waals surface area contributed by atoms with Gasteiger partial charge in [-0.15, -0.1) is 11.3 Å². The molecule has 0 spiro atoms. The summed E-state index contributed by atoms with van der Waals surface area (Å²) >= 11 is 3.58. The molecule has 1 aromatic heterocycles. The van der Waals surface area contributed by atoms with Gasteiger partial charge in [0, 0.05) is 29.8 Å². The second-order valence-corrected chi connectivity index (χ2v) is 5.66. The summed E-state index contributed by atoms with van der Waals surface area (Å²) in [6.07, 6.45) is 4.05. The molecule has 1 aromatic rings. The summed E-state index contributed by atoms with van der Waals surface area (Å²) in [5.74, 6) is 0. The van der Waals surface area contributed by atoms with Gasteiger partial charge in [-0.25, -0.2) is 4.98 Å². The first-order valence-corrected chi connectivity index (χ1v) is 6.97. The van der Waals surface area contributed by atoms with Gasteiger partial charge in [0.25, 0.3) is 0 Å². The highest BCUT2D eigenvalue weighted by Gasteiger charge is 2.16. The van der Waals surface area contributed by atoms with Gasteiger partial charge >= 0.3 is 0 Å². The predicted octanol–water partition coefficient (Wildman–Crippen LogP) is 2.16. The molecule has 0 amide bonds. The topological polar surface area (TPSA) is 37.3 Å². The van der Waals surface area contributed by atoms with Crippen LogP contribution in [-0.2, 0) is 6.42 Å². The number of thiazole rings is 1. The van der Waals surface area contributed by atoms with Crippen LogP contribution < -0.4 is 5.32 Å². The summed E-state index contributed by atoms with van der Waals surface area (Å²) in [7, 11) is 0. The zero-order valence-electron chi connectivity index (χ0n) is 8.77. The zero-order chi connectivity index (χ0) is 10.5. The van der Waals surface area contributed by atoms with Crippen LogP contribution in [0.25, 0.3) is 0 Å². The van der Waals surface area contributed by atoms with Crippen molar-refractivity contribution in [2.45, 2.75) is 25.0 Å². The molecule has 1 unspecified atom stereocenters. The molecule has 0 saturated carbocycles. The van der Waals surface area contributed by atoms with Gasteiger partial charge in [0.1, 0.15) is 0 Å². The maximum atomic E-state index is 4.46. The molecule has 0 bridgehead atoms. The maximum absolute atomic E-state index is 4.46. The SMILES string of the molecule is CCC1CN=C(NCCc2nccs2)S1. The standard InChI is InChI=1S/C10H15N3S2/c1-2-8-7-13-10(15-8)12-4-3-9-11-5-6-14-9/h5-6,8H,2-4,7H2,1H3,(H,12,13). The first-order valence-electron chi connectivity index (χ1n) is 5.22. The van der Waals surface area contributed by atoms with Crippen LogP contribution in [0, 0.1) is 0 Å². The minimum absolute atomic E-state index is 0.687. The van der Waals surface area contributed by atoms with Crippen molar-refractivity contribution >= 4 is 28.3 Å². The van der Waals surface area contributed by atoms with Gasteiger partial charge in [0.05, 0.1) is 11.6 Å². The number of hydrogen-bond donors (Lipinski definition) is 1. The minimum atomic E-state index is 0.687. The quantitative estimate of drug-likeness (QED) is 0.877. The van der Waals surface area contributed by atoms with Crippen LogP contribution in [0.4, 0.5) is 0 Å². The fraction of sp³-hybridized carbons (Fsp3) is 0.600. The number of nitrogens with one attached hydrogen (secondary N) is 1. The number of aromatic nitrogens is 1. The highest BCUT2D eigenvalue weighted by atomic mass is 32.2. The molecular weight excluding hydrogens is 226 g/mol. The third-order valence-electron chi connectivity index (χ3n) is 2.27. The Labute approximate surface area is 98.4 Å². The Kier molecular flexibility index (Phi) is 4.02. The third kappa shape index (κ3) is 3.21. The van der Waals surface area contributed by atoms with Crippen LogP contribution in [0.15, 0.2) is 16.6 Å². The van der Waals surface area contributed by atoms with Gasteiger partial charge in [-0.2, -0.15) is 0 Å². The summed E-state index contributed by atoms with van der Waals surface area (Å²) in [5.41, 5.74) is 0. The second kappa shape index (κ2) is 5.51. The minimum Gasteiger partial charge on any atom is -0.364 e. The Morgan fingerprint density at radius 3 is 3.20 bits per heavy atom. The van der Waals surface area contributed by atoms with Gasteiger partial charge in [0.15, 0.2) is 5.17 Å². The van der Waals surface area contributed by atoms with Crippen LogP contribution in [0.3, 0.4) is 0 Å². The maximum Gasteiger partial charge on any atom is 0.156 e. The van der Waals surface area contributed by atoms with Crippen molar-refractivity contribution in [2.75, 3.05) is 13.1 Å². The van der Waals surface area contributed by atoms with E-state index in [0.717, 1.165) is 24.7 Å². The molecule has 5 heteroatoms. The number of thioether (sulfide) groups is 1. The lowest BCUT2D eigenvalue weighted by Crippen LogP contribution is -2.22. The van der Waals surface area contributed by atoms with Crippen LogP contribution in [0.5, 0.6) is 0 Å². The number of rotatable bonds is 4. The molecule has 0 aromatic carbocycles. The average molecular weight is 241 g/mol. The summed E-state index contributed by atoms with van der Waals surface area (Å²) in [6.45, 7) is 4.13. The Bertz CT molecular complexity index is 321. The normalized spacial score (nSPS) is 20.3. The van der Waals surface area contributed by atoms with E-state index in [1.54, 1.807) is 11.3 Å². The molecule has 0 aliphatic carbocycles. The molecule has 0 radical (unpaired) electrons. The van der Waals surface area contributed by atoms with Gasteiger partial charge in [-0.05, 0) is 6.42 Å². The largest absolute Gasteiger partial charge is 0.364 e. The molecule has 1 aliphatic heterocycles. The van der Waals surface area contributed by atoms with E-state index in [9.17, 15) is 0 Å². The Hall–Kier alpha value is -0.550. The van der Waals surface area contributed by atoms with Gasteiger partial charge in [0.2, 0.25) is 0 Å². The van der Waals surface area contributed by atoms with E-state index >= 15 is 0 Å². The van der Waals surface area contributed by atoms with E-state index in [1.165, 1.54) is 11.4 Å². The molecule has 2 rings (SSSR count). The van der Waals surface area contributed by atoms with Crippen LogP contribution in [0.2, 0.25) is 0 Å². The lowest BCUT2D eigenvalue weighted by Gasteiger charge is -2.05. The zero-order valence-corrected chi connectivity index (χ0v) is 10.4. The van der Waals surface area contributed by atoms with Gasteiger partial charge < -0.3 is 5.32 Å². The highest BCUT2D eigenvalue weighted by molar-refractivity contribution is 8.14. The molecule has 2 heterocycles. The monoisotopic (exact) mass is 241 g/mol. The van der Waals surface area contributed by atoms with Crippen LogP contribution in [-0.4, -0.2) is 28.5 Å². The molecule has 1 aliphatic rings. The summed E-state index contributed by atoms with van der Waals surface area (Å²) in [4.78, 5) is 8.70. The smallest absolute Gasteiger partial charge is 0.156 e. The van der Waals surface area contributed by atoms with Crippen LogP contribution >= 0.6 is 23.1 Å². The fourth-order valence-corrected chi connectivity index (χ4v) is 2.97. The molecule has 1 N–H and O–H groups in total. The Morgan fingerprint density at radius 2 is 2.53 bits per heavy atom. The average Bonchev–Trinajstić information content (AvgIpc) is 2.88. The van der Waals surface area contributed by atoms with E-state index in [1.807, 2.05) is 23.3 Å². The number of amidine groups is 1. The van der Waals surface area contributed by atoms with Crippen LogP contribution in [0.1, 0.15) is 18.4 Å². The van der Waals surface area contributed by atoms with Crippen molar-refractivity contribution in [1.82, 2.24) is 10.3 Å². The van der Waals surface area contributed by atoms with Crippen molar-refractivity contribution in [2.24, 2.45) is 4.99 Å². The van der Waals surface area contributed by atoms with E-state index < -0.39 is 0 Å². The number of hydrogen-bond acceptors (Lipinski definition) is 5. The Balaban J connectivity index is 1.67. The van der Waals surface area contributed by atoms with Crippen molar-refractivity contribution in [3.05, 3.63) is 16.6 Å². The molecule has 1 atom stereocenters. The number of aliphatic imine (C=N–C) groups is 1. The highest BCUT2D eigenvalue weighted by Crippen LogP contribution is 2.21. The predicted molar refractivity (Wildman–Crippen MR) is 67.8 cm³/mol. The summed E-state index contributed by atoms with van der Waals surface area (Å²) in [5, 5.41) is 8.37. The molecule has 0 fully saturated rings. The number of nitrogens with zero attached hydrogens (tertiary/aromatic N) is 2. The van der Waals surface area contributed by atoms with E-state index in [4.69, 9.17) is 0 Å². The van der Waals surface area contributed by atoms with Gasteiger partial charge in [-0.1, -0.05) is 18.7 Å². The molecule has 3 nitrogen and oxygen atoms in total. The van der Waals surface area contributed by atoms with Crippen molar-refractivity contribution in [3.63, 3.8) is 0 Å². The van der Waals surface area contributed by atoms with Crippen molar-refractivity contribution in [3.8, 4) is 0 Å². The molecule has 82 valence electrons. The second-order valence-electron chi connectivity index (χ2n) is 3.40. The lowest BCUT2D eigenvalue weighted by atomic mass is 10.3. The fourth-order valence-electron chi connectivity index (χ4n) is 1.38. The van der Waals surface area contributed by atoms with E-state index in [2.05, 4.69) is 22.2 Å². The van der Waals surface area contributed by atoms with Gasteiger partial charge in [-0.3, -0.25) is 4.99 Å². The molecular formula is C10H15N3S2. The van der Waals surface area contributed by atoms with E-state index in [0.29, 0.717) is 5.25 Å². The van der Waals surface area contributed by atoms with E-state index in [-0.39, 0.29) is 0 Å². The van der Waals surface area contributed by atoms with Crippen molar-refractivity contribution < 1.29 is 0 Å². The molecule has 0 saturated heterocycles. The summed E-state index contributed by atoms with van der Waals surface area (Å²) in [6, 6.07) is 0. The Morgan fingerprint density at radius 1 is 1.60 bits per heavy atom. The summed E-state index contributed by atoms with van der Waals surface area (Å²) < 4.78 is 0. The first kappa shape index (κ1) is 11.0. The van der Waals surface area contributed by atoms with Crippen molar-refractivity contribution in [1.29, 1.82) is 0 Å².